The minimum atomic E-state index is -0.485. The zero-order chi connectivity index (χ0) is 14.7. The van der Waals surface area contributed by atoms with Crippen molar-refractivity contribution in [2.75, 3.05) is 11.1 Å². The number of hydrogen-bond acceptors (Lipinski definition) is 2. The normalized spacial score (nSPS) is 10.6. The van der Waals surface area contributed by atoms with Gasteiger partial charge in [0.1, 0.15) is 5.82 Å². The molecule has 3 nitrogen and oxygen atoms in total. The minimum absolute atomic E-state index is 0.142. The van der Waals surface area contributed by atoms with E-state index in [0.29, 0.717) is 0 Å². The molecule has 1 amide bonds. The van der Waals surface area contributed by atoms with Gasteiger partial charge in [-0.1, -0.05) is 32.0 Å². The number of amides is 1. The number of anilines is 2. The summed E-state index contributed by atoms with van der Waals surface area (Å²) in [6, 6.07) is 11.3. The highest BCUT2D eigenvalue weighted by molar-refractivity contribution is 6.08. The number of benzene rings is 2. The zero-order valence-corrected chi connectivity index (χ0v) is 11.5. The molecule has 0 aliphatic carbocycles. The molecule has 0 radical (unpaired) electrons. The SMILES string of the molecule is CC(C)c1ccccc1NC(=O)c1cc(F)ccc1N. The molecule has 104 valence electrons. The van der Waals surface area contributed by atoms with Crippen LogP contribution in [0.3, 0.4) is 0 Å². The maximum Gasteiger partial charge on any atom is 0.257 e. The Morgan fingerprint density at radius 3 is 2.60 bits per heavy atom. The van der Waals surface area contributed by atoms with Gasteiger partial charge in [0.25, 0.3) is 5.91 Å². The molecule has 20 heavy (non-hydrogen) atoms. The van der Waals surface area contributed by atoms with Gasteiger partial charge in [0, 0.05) is 11.4 Å². The Hall–Kier alpha value is -2.36. The van der Waals surface area contributed by atoms with Crippen LogP contribution in [-0.2, 0) is 0 Å². The molecule has 0 aromatic heterocycles. The van der Waals surface area contributed by atoms with E-state index in [0.717, 1.165) is 17.3 Å². The number of hydrogen-bond donors (Lipinski definition) is 2. The van der Waals surface area contributed by atoms with E-state index in [1.54, 1.807) is 0 Å². The van der Waals surface area contributed by atoms with Gasteiger partial charge in [0.2, 0.25) is 0 Å². The number of nitrogens with two attached hydrogens (primary N) is 1. The zero-order valence-electron chi connectivity index (χ0n) is 11.5. The van der Waals surface area contributed by atoms with Crippen LogP contribution in [-0.4, -0.2) is 5.91 Å². The van der Waals surface area contributed by atoms with Crippen molar-refractivity contribution in [3.63, 3.8) is 0 Å². The number of nitrogens with one attached hydrogen (secondary N) is 1. The van der Waals surface area contributed by atoms with Crippen LogP contribution < -0.4 is 11.1 Å². The van der Waals surface area contributed by atoms with E-state index in [1.807, 2.05) is 38.1 Å². The maximum atomic E-state index is 13.2. The van der Waals surface area contributed by atoms with Crippen molar-refractivity contribution >= 4 is 17.3 Å². The van der Waals surface area contributed by atoms with E-state index in [9.17, 15) is 9.18 Å². The number of rotatable bonds is 3. The summed E-state index contributed by atoms with van der Waals surface area (Å²) in [5, 5.41) is 2.79. The van der Waals surface area contributed by atoms with Crippen LogP contribution in [0.5, 0.6) is 0 Å². The van der Waals surface area contributed by atoms with Crippen molar-refractivity contribution in [1.82, 2.24) is 0 Å². The van der Waals surface area contributed by atoms with Gasteiger partial charge in [-0.2, -0.15) is 0 Å². The minimum Gasteiger partial charge on any atom is -0.398 e. The Kier molecular flexibility index (Phi) is 4.03. The fourth-order valence-corrected chi connectivity index (χ4v) is 2.03. The summed E-state index contributed by atoms with van der Waals surface area (Å²) < 4.78 is 13.2. The van der Waals surface area contributed by atoms with Gasteiger partial charge in [0.05, 0.1) is 5.56 Å². The fraction of sp³-hybridized carbons (Fsp3) is 0.188. The summed E-state index contributed by atoms with van der Waals surface area (Å²) in [6.07, 6.45) is 0. The average molecular weight is 272 g/mol. The number of carbonyl (C=O) groups excluding carboxylic acids is 1. The first-order chi connectivity index (χ1) is 9.49. The van der Waals surface area contributed by atoms with Gasteiger partial charge < -0.3 is 11.1 Å². The highest BCUT2D eigenvalue weighted by Crippen LogP contribution is 2.25. The van der Waals surface area contributed by atoms with E-state index in [-0.39, 0.29) is 17.2 Å². The summed E-state index contributed by atoms with van der Waals surface area (Å²) in [5.74, 6) is -0.618. The van der Waals surface area contributed by atoms with Crippen LogP contribution >= 0.6 is 0 Å². The van der Waals surface area contributed by atoms with Gasteiger partial charge >= 0.3 is 0 Å². The third kappa shape index (κ3) is 2.96. The number of nitrogen functional groups attached to an aromatic ring is 1. The van der Waals surface area contributed by atoms with Crippen LogP contribution in [0.25, 0.3) is 0 Å². The summed E-state index contributed by atoms with van der Waals surface area (Å²) in [7, 11) is 0. The Balaban J connectivity index is 2.31. The van der Waals surface area contributed by atoms with Crippen molar-refractivity contribution < 1.29 is 9.18 Å². The lowest BCUT2D eigenvalue weighted by molar-refractivity contribution is 0.102. The van der Waals surface area contributed by atoms with Gasteiger partial charge in [0.15, 0.2) is 0 Å². The monoisotopic (exact) mass is 272 g/mol. The largest absolute Gasteiger partial charge is 0.398 e. The quantitative estimate of drug-likeness (QED) is 0.835. The van der Waals surface area contributed by atoms with Crippen molar-refractivity contribution in [2.24, 2.45) is 0 Å². The smallest absolute Gasteiger partial charge is 0.257 e. The Bertz CT molecular complexity index is 638. The third-order valence-corrected chi connectivity index (χ3v) is 3.09. The van der Waals surface area contributed by atoms with E-state index in [1.165, 1.54) is 12.1 Å². The van der Waals surface area contributed by atoms with Crippen LogP contribution in [0.4, 0.5) is 15.8 Å². The van der Waals surface area contributed by atoms with Crippen molar-refractivity contribution in [3.05, 3.63) is 59.4 Å². The van der Waals surface area contributed by atoms with Crippen LogP contribution in [0.15, 0.2) is 42.5 Å². The molecule has 0 spiro atoms. The summed E-state index contributed by atoms with van der Waals surface area (Å²) >= 11 is 0. The van der Waals surface area contributed by atoms with E-state index < -0.39 is 11.7 Å². The van der Waals surface area contributed by atoms with E-state index >= 15 is 0 Å². The third-order valence-electron chi connectivity index (χ3n) is 3.09. The molecule has 4 heteroatoms. The first kappa shape index (κ1) is 14.1. The summed E-state index contributed by atoms with van der Waals surface area (Å²) in [6.45, 7) is 4.09. The lowest BCUT2D eigenvalue weighted by Gasteiger charge is -2.14. The molecular formula is C16H17FN2O. The molecule has 2 rings (SSSR count). The molecule has 2 aromatic rings. The topological polar surface area (TPSA) is 55.1 Å². The molecule has 0 unspecified atom stereocenters. The summed E-state index contributed by atoms with van der Waals surface area (Å²) in [4.78, 5) is 12.2. The molecule has 0 heterocycles. The fourth-order valence-electron chi connectivity index (χ4n) is 2.03. The van der Waals surface area contributed by atoms with Crippen LogP contribution in [0, 0.1) is 5.82 Å². The molecule has 0 aliphatic rings. The highest BCUT2D eigenvalue weighted by atomic mass is 19.1. The van der Waals surface area contributed by atoms with Gasteiger partial charge in [-0.25, -0.2) is 4.39 Å². The lowest BCUT2D eigenvalue weighted by atomic mass is 10.0. The molecule has 0 aliphatic heterocycles. The Morgan fingerprint density at radius 2 is 1.90 bits per heavy atom. The second kappa shape index (κ2) is 5.74. The van der Waals surface area contributed by atoms with Gasteiger partial charge in [-0.3, -0.25) is 4.79 Å². The molecular weight excluding hydrogens is 255 g/mol. The predicted molar refractivity (Wildman–Crippen MR) is 79.3 cm³/mol. The highest BCUT2D eigenvalue weighted by Gasteiger charge is 2.13. The molecule has 0 saturated carbocycles. The predicted octanol–water partition coefficient (Wildman–Crippen LogP) is 3.78. The van der Waals surface area contributed by atoms with E-state index in [4.69, 9.17) is 5.73 Å². The first-order valence-electron chi connectivity index (χ1n) is 6.44. The maximum absolute atomic E-state index is 13.2. The van der Waals surface area contributed by atoms with Crippen molar-refractivity contribution in [1.29, 1.82) is 0 Å². The number of para-hydroxylation sites is 1. The van der Waals surface area contributed by atoms with Crippen molar-refractivity contribution in [3.8, 4) is 0 Å². The first-order valence-corrected chi connectivity index (χ1v) is 6.44. The lowest BCUT2D eigenvalue weighted by Crippen LogP contribution is -2.15. The molecule has 0 saturated heterocycles. The van der Waals surface area contributed by atoms with Gasteiger partial charge in [-0.05, 0) is 35.7 Å². The molecule has 3 N–H and O–H groups in total. The molecule has 0 bridgehead atoms. The summed E-state index contributed by atoms with van der Waals surface area (Å²) in [5.41, 5.74) is 7.85. The van der Waals surface area contributed by atoms with Gasteiger partial charge in [-0.15, -0.1) is 0 Å². The average Bonchev–Trinajstić information content (AvgIpc) is 2.41. The molecule has 2 aromatic carbocycles. The van der Waals surface area contributed by atoms with Crippen LogP contribution in [0.2, 0.25) is 0 Å². The molecule has 0 atom stereocenters. The Morgan fingerprint density at radius 1 is 1.20 bits per heavy atom. The number of carbonyl (C=O) groups is 1. The van der Waals surface area contributed by atoms with E-state index in [2.05, 4.69) is 5.32 Å². The second-order valence-corrected chi connectivity index (χ2v) is 4.93. The molecule has 0 fully saturated rings. The Labute approximate surface area is 117 Å². The number of halogens is 1. The van der Waals surface area contributed by atoms with Crippen LogP contribution in [0.1, 0.15) is 35.7 Å². The standard InChI is InChI=1S/C16H17FN2O/c1-10(2)12-5-3-4-6-15(12)19-16(20)13-9-11(17)7-8-14(13)18/h3-10H,18H2,1-2H3,(H,19,20). The van der Waals surface area contributed by atoms with Crippen molar-refractivity contribution in [2.45, 2.75) is 19.8 Å². The second-order valence-electron chi connectivity index (χ2n) is 4.93.